The van der Waals surface area contributed by atoms with E-state index in [1.807, 2.05) is 0 Å². The highest BCUT2D eigenvalue weighted by Gasteiger charge is 2.11. The molecule has 19 heavy (non-hydrogen) atoms. The fourth-order valence-electron chi connectivity index (χ4n) is 1.99. The standard InChI is InChI=1S/C16H29NO2/c1-7-13(8-2)15(11-12-18-5)16(19-6)17-14(9-3)10-4/h7H,8-12H2,1-6H3/b13-7-,16-15+. The van der Waals surface area contributed by atoms with Crippen molar-refractivity contribution >= 4 is 5.71 Å². The van der Waals surface area contributed by atoms with Crippen molar-refractivity contribution in [3.8, 4) is 0 Å². The molecule has 0 fully saturated rings. The lowest BCUT2D eigenvalue weighted by Crippen LogP contribution is -2.03. The molecule has 0 unspecified atom stereocenters. The summed E-state index contributed by atoms with van der Waals surface area (Å²) in [7, 11) is 3.41. The second kappa shape index (κ2) is 10.8. The van der Waals surface area contributed by atoms with Crippen LogP contribution in [0.5, 0.6) is 0 Å². The monoisotopic (exact) mass is 267 g/mol. The van der Waals surface area contributed by atoms with Gasteiger partial charge in [-0.2, -0.15) is 0 Å². The van der Waals surface area contributed by atoms with Crippen LogP contribution in [0.15, 0.2) is 28.1 Å². The Morgan fingerprint density at radius 1 is 1.05 bits per heavy atom. The van der Waals surface area contributed by atoms with Crippen molar-refractivity contribution in [3.63, 3.8) is 0 Å². The lowest BCUT2D eigenvalue weighted by molar-refractivity contribution is 0.199. The van der Waals surface area contributed by atoms with Gasteiger partial charge in [-0.05, 0) is 31.8 Å². The lowest BCUT2D eigenvalue weighted by Gasteiger charge is -2.14. The zero-order chi connectivity index (χ0) is 14.7. The van der Waals surface area contributed by atoms with Gasteiger partial charge in [-0.25, -0.2) is 4.99 Å². The number of ether oxygens (including phenoxy) is 2. The fraction of sp³-hybridized carbons (Fsp3) is 0.688. The van der Waals surface area contributed by atoms with Crippen LogP contribution >= 0.6 is 0 Å². The van der Waals surface area contributed by atoms with Crippen LogP contribution < -0.4 is 0 Å². The van der Waals surface area contributed by atoms with Gasteiger partial charge in [0.15, 0.2) is 0 Å². The van der Waals surface area contributed by atoms with E-state index >= 15 is 0 Å². The smallest absolute Gasteiger partial charge is 0.216 e. The van der Waals surface area contributed by atoms with Crippen LogP contribution in [0, 0.1) is 0 Å². The average molecular weight is 267 g/mol. The molecule has 0 heterocycles. The third-order valence-corrected chi connectivity index (χ3v) is 3.20. The SMILES string of the molecule is C/C=C(CC)\C(CCOC)=C(/N=C(CC)CC)OC. The van der Waals surface area contributed by atoms with Crippen LogP contribution in [0.3, 0.4) is 0 Å². The predicted molar refractivity (Wildman–Crippen MR) is 82.6 cm³/mol. The molecule has 0 spiro atoms. The molecule has 0 aliphatic rings. The lowest BCUT2D eigenvalue weighted by atomic mass is 10.0. The van der Waals surface area contributed by atoms with Crippen molar-refractivity contribution in [2.75, 3.05) is 20.8 Å². The molecule has 0 saturated carbocycles. The number of methoxy groups -OCH3 is 2. The van der Waals surface area contributed by atoms with Gasteiger partial charge in [0.2, 0.25) is 5.88 Å². The summed E-state index contributed by atoms with van der Waals surface area (Å²) in [6.45, 7) is 9.15. The van der Waals surface area contributed by atoms with Gasteiger partial charge in [0.05, 0.1) is 13.7 Å². The van der Waals surface area contributed by atoms with Gasteiger partial charge in [-0.3, -0.25) is 0 Å². The van der Waals surface area contributed by atoms with Crippen molar-refractivity contribution in [2.24, 2.45) is 4.99 Å². The summed E-state index contributed by atoms with van der Waals surface area (Å²) in [5, 5.41) is 0. The average Bonchev–Trinajstić information content (AvgIpc) is 2.45. The molecule has 110 valence electrons. The Morgan fingerprint density at radius 2 is 1.68 bits per heavy atom. The Kier molecular flexibility index (Phi) is 10.2. The minimum Gasteiger partial charge on any atom is -0.481 e. The summed E-state index contributed by atoms with van der Waals surface area (Å²) < 4.78 is 10.7. The fourth-order valence-corrected chi connectivity index (χ4v) is 1.99. The summed E-state index contributed by atoms with van der Waals surface area (Å²) in [5.74, 6) is 0.741. The Balaban J connectivity index is 5.54. The molecule has 0 saturated heterocycles. The van der Waals surface area contributed by atoms with E-state index in [-0.39, 0.29) is 0 Å². The van der Waals surface area contributed by atoms with Gasteiger partial charge >= 0.3 is 0 Å². The molecule has 0 N–H and O–H groups in total. The molecule has 0 aromatic carbocycles. The van der Waals surface area contributed by atoms with E-state index in [9.17, 15) is 0 Å². The predicted octanol–water partition coefficient (Wildman–Crippen LogP) is 4.50. The van der Waals surface area contributed by atoms with E-state index in [0.717, 1.165) is 37.1 Å². The Morgan fingerprint density at radius 3 is 2.05 bits per heavy atom. The van der Waals surface area contributed by atoms with Crippen LogP contribution in [-0.4, -0.2) is 26.5 Å². The molecule has 0 rings (SSSR count). The topological polar surface area (TPSA) is 30.8 Å². The highest BCUT2D eigenvalue weighted by Crippen LogP contribution is 2.23. The minimum absolute atomic E-state index is 0.683. The summed E-state index contributed by atoms with van der Waals surface area (Å²) in [6, 6.07) is 0. The number of nitrogens with zero attached hydrogens (tertiary/aromatic N) is 1. The molecule has 0 atom stereocenters. The minimum atomic E-state index is 0.683. The summed E-state index contributed by atoms with van der Waals surface area (Å²) in [4.78, 5) is 4.68. The first kappa shape index (κ1) is 17.9. The quantitative estimate of drug-likeness (QED) is 0.350. The highest BCUT2D eigenvalue weighted by atomic mass is 16.5. The van der Waals surface area contributed by atoms with Crippen LogP contribution in [0.2, 0.25) is 0 Å². The van der Waals surface area contributed by atoms with Crippen LogP contribution in [0.25, 0.3) is 0 Å². The maximum Gasteiger partial charge on any atom is 0.216 e. The largest absolute Gasteiger partial charge is 0.481 e. The van der Waals surface area contributed by atoms with Gasteiger partial charge in [0.1, 0.15) is 0 Å². The maximum atomic E-state index is 5.52. The molecule has 3 nitrogen and oxygen atoms in total. The van der Waals surface area contributed by atoms with Crippen LogP contribution in [-0.2, 0) is 9.47 Å². The van der Waals surface area contributed by atoms with Crippen LogP contribution in [0.4, 0.5) is 0 Å². The van der Waals surface area contributed by atoms with E-state index in [2.05, 4.69) is 38.8 Å². The van der Waals surface area contributed by atoms with E-state index < -0.39 is 0 Å². The van der Waals surface area contributed by atoms with Crippen LogP contribution in [0.1, 0.15) is 53.4 Å². The first-order valence-electron chi connectivity index (χ1n) is 7.16. The molecule has 0 aliphatic heterocycles. The second-order valence-corrected chi connectivity index (χ2v) is 4.28. The van der Waals surface area contributed by atoms with Crippen molar-refractivity contribution in [1.29, 1.82) is 0 Å². The normalized spacial score (nSPS) is 13.1. The number of rotatable bonds is 9. The summed E-state index contributed by atoms with van der Waals surface area (Å²) >= 11 is 0. The summed E-state index contributed by atoms with van der Waals surface area (Å²) in [5.41, 5.74) is 3.61. The Bertz CT molecular complexity index is 335. The zero-order valence-electron chi connectivity index (χ0n) is 13.4. The molecule has 3 heteroatoms. The molecule has 0 bridgehead atoms. The third kappa shape index (κ3) is 6.06. The van der Waals surface area contributed by atoms with Crippen molar-refractivity contribution < 1.29 is 9.47 Å². The van der Waals surface area contributed by atoms with E-state index in [1.165, 1.54) is 11.3 Å². The molecule has 0 aromatic heterocycles. The van der Waals surface area contributed by atoms with Crippen molar-refractivity contribution in [2.45, 2.75) is 53.4 Å². The zero-order valence-corrected chi connectivity index (χ0v) is 13.4. The number of allylic oxidation sites excluding steroid dienone is 2. The Hall–Kier alpha value is -1.09. The number of hydrogen-bond acceptors (Lipinski definition) is 3. The van der Waals surface area contributed by atoms with Crippen molar-refractivity contribution in [1.82, 2.24) is 0 Å². The van der Waals surface area contributed by atoms with E-state index in [4.69, 9.17) is 9.47 Å². The third-order valence-electron chi connectivity index (χ3n) is 3.20. The van der Waals surface area contributed by atoms with E-state index in [0.29, 0.717) is 6.61 Å². The maximum absolute atomic E-state index is 5.52. The van der Waals surface area contributed by atoms with Gasteiger partial charge < -0.3 is 9.47 Å². The van der Waals surface area contributed by atoms with Gasteiger partial charge in [0, 0.05) is 24.8 Å². The molecule has 0 aromatic rings. The van der Waals surface area contributed by atoms with Gasteiger partial charge in [-0.15, -0.1) is 0 Å². The molecule has 0 aliphatic carbocycles. The first-order valence-corrected chi connectivity index (χ1v) is 7.16. The Labute approximate surface area is 118 Å². The molecule has 0 radical (unpaired) electrons. The highest BCUT2D eigenvalue weighted by molar-refractivity contribution is 5.84. The molecule has 0 amide bonds. The second-order valence-electron chi connectivity index (χ2n) is 4.28. The van der Waals surface area contributed by atoms with Crippen molar-refractivity contribution in [3.05, 3.63) is 23.1 Å². The van der Waals surface area contributed by atoms with Gasteiger partial charge in [0.25, 0.3) is 0 Å². The first-order chi connectivity index (χ1) is 9.18. The molecular weight excluding hydrogens is 238 g/mol. The van der Waals surface area contributed by atoms with Gasteiger partial charge in [-0.1, -0.05) is 26.8 Å². The number of hydrogen-bond donors (Lipinski definition) is 0. The van der Waals surface area contributed by atoms with E-state index in [1.54, 1.807) is 14.2 Å². The summed E-state index contributed by atoms with van der Waals surface area (Å²) in [6.07, 6.45) is 5.86. The number of aliphatic imine (C=N–C) groups is 1. The molecular formula is C16H29NO2.